The van der Waals surface area contributed by atoms with E-state index in [-0.39, 0.29) is 5.11 Å². The number of esters is 1. The Balaban J connectivity index is 3.56. The molecule has 0 fully saturated rings. The number of hydrogen-bond donors (Lipinski definition) is 2. The number of methoxy groups -OCH3 is 1. The standard InChI is InChI=1S/C4H7N3O2S/c1-9-3(8)2-6-7-4(5)10/h2H,1H3,(H3,5,7,10). The van der Waals surface area contributed by atoms with Crippen molar-refractivity contribution in [2.24, 2.45) is 10.8 Å². The predicted molar refractivity (Wildman–Crippen MR) is 40.4 cm³/mol. The third-order valence-corrected chi connectivity index (χ3v) is 0.637. The fourth-order valence-electron chi connectivity index (χ4n) is 0.201. The van der Waals surface area contributed by atoms with Gasteiger partial charge in [0.15, 0.2) is 5.11 Å². The van der Waals surface area contributed by atoms with Crippen LogP contribution in [0.5, 0.6) is 0 Å². The molecule has 0 aromatic heterocycles. The minimum Gasteiger partial charge on any atom is -0.465 e. The Morgan fingerprint density at radius 1 is 1.90 bits per heavy atom. The lowest BCUT2D eigenvalue weighted by molar-refractivity contribution is -0.132. The van der Waals surface area contributed by atoms with Crippen molar-refractivity contribution in [2.45, 2.75) is 0 Å². The highest BCUT2D eigenvalue weighted by Gasteiger charge is 1.89. The second-order valence-electron chi connectivity index (χ2n) is 1.26. The summed E-state index contributed by atoms with van der Waals surface area (Å²) >= 11 is 4.38. The Morgan fingerprint density at radius 3 is 2.90 bits per heavy atom. The van der Waals surface area contributed by atoms with Gasteiger partial charge in [-0.1, -0.05) is 0 Å². The van der Waals surface area contributed by atoms with Crippen molar-refractivity contribution in [3.63, 3.8) is 0 Å². The molecule has 0 heterocycles. The topological polar surface area (TPSA) is 76.7 Å². The van der Waals surface area contributed by atoms with E-state index in [9.17, 15) is 4.79 Å². The number of nitrogens with one attached hydrogen (secondary N) is 1. The molecule has 0 aromatic rings. The van der Waals surface area contributed by atoms with Crippen molar-refractivity contribution in [3.8, 4) is 0 Å². The minimum absolute atomic E-state index is 0.000142. The van der Waals surface area contributed by atoms with Gasteiger partial charge >= 0.3 is 5.97 Å². The normalized spacial score (nSPS) is 9.30. The van der Waals surface area contributed by atoms with Gasteiger partial charge in [-0.3, -0.25) is 5.43 Å². The molecule has 0 aliphatic heterocycles. The molecule has 0 aliphatic rings. The highest BCUT2D eigenvalue weighted by atomic mass is 32.1. The van der Waals surface area contributed by atoms with Gasteiger partial charge in [-0.25, -0.2) is 4.79 Å². The molecular formula is C4H7N3O2S. The number of thiocarbonyl (C=S) groups is 1. The summed E-state index contributed by atoms with van der Waals surface area (Å²) in [7, 11) is 1.25. The molecule has 0 bridgehead atoms. The molecule has 6 heteroatoms. The Morgan fingerprint density at radius 2 is 2.50 bits per heavy atom. The Bertz CT molecular complexity index is 168. The molecular weight excluding hydrogens is 154 g/mol. The SMILES string of the molecule is COC(=O)C=NNC(N)=S. The van der Waals surface area contributed by atoms with Crippen LogP contribution >= 0.6 is 12.2 Å². The van der Waals surface area contributed by atoms with E-state index in [2.05, 4.69) is 27.5 Å². The van der Waals surface area contributed by atoms with Crippen molar-refractivity contribution in [1.29, 1.82) is 0 Å². The van der Waals surface area contributed by atoms with Gasteiger partial charge in [0.1, 0.15) is 6.21 Å². The summed E-state index contributed by atoms with van der Waals surface area (Å²) < 4.78 is 4.22. The number of nitrogens with zero attached hydrogens (tertiary/aromatic N) is 1. The Hall–Kier alpha value is -1.17. The van der Waals surface area contributed by atoms with Gasteiger partial charge in [0.2, 0.25) is 0 Å². The molecule has 0 atom stereocenters. The summed E-state index contributed by atoms with van der Waals surface area (Å²) in [6.45, 7) is 0. The fourth-order valence-corrected chi connectivity index (χ4v) is 0.254. The van der Waals surface area contributed by atoms with Crippen LogP contribution in [0.1, 0.15) is 0 Å². The summed E-state index contributed by atoms with van der Waals surface area (Å²) in [4.78, 5) is 10.3. The van der Waals surface area contributed by atoms with Crippen LogP contribution in [0.15, 0.2) is 5.10 Å². The number of hydrazone groups is 1. The van der Waals surface area contributed by atoms with Crippen LogP contribution in [0.4, 0.5) is 0 Å². The zero-order valence-corrected chi connectivity index (χ0v) is 6.14. The fraction of sp³-hybridized carbons (Fsp3) is 0.250. The molecule has 56 valence electrons. The summed E-state index contributed by atoms with van der Waals surface area (Å²) in [5, 5.41) is 3.33. The van der Waals surface area contributed by atoms with Gasteiger partial charge in [0.25, 0.3) is 0 Å². The van der Waals surface area contributed by atoms with Crippen LogP contribution in [0, 0.1) is 0 Å². The van der Waals surface area contributed by atoms with E-state index in [4.69, 9.17) is 5.73 Å². The average Bonchev–Trinajstić information content (AvgIpc) is 1.87. The number of hydrogen-bond acceptors (Lipinski definition) is 4. The lowest BCUT2D eigenvalue weighted by atomic mass is 10.8. The Labute approximate surface area is 63.2 Å². The van der Waals surface area contributed by atoms with E-state index >= 15 is 0 Å². The van der Waals surface area contributed by atoms with E-state index in [0.717, 1.165) is 6.21 Å². The second kappa shape index (κ2) is 4.68. The smallest absolute Gasteiger partial charge is 0.350 e. The molecule has 0 rings (SSSR count). The van der Waals surface area contributed by atoms with Gasteiger partial charge in [-0.05, 0) is 12.2 Å². The maximum atomic E-state index is 10.3. The highest BCUT2D eigenvalue weighted by molar-refractivity contribution is 7.80. The molecule has 0 radical (unpaired) electrons. The van der Waals surface area contributed by atoms with Crippen LogP contribution in [-0.2, 0) is 9.53 Å². The van der Waals surface area contributed by atoms with Crippen molar-refractivity contribution in [2.75, 3.05) is 7.11 Å². The molecule has 0 aliphatic carbocycles. The van der Waals surface area contributed by atoms with Crippen LogP contribution in [0.3, 0.4) is 0 Å². The van der Waals surface area contributed by atoms with Gasteiger partial charge < -0.3 is 10.5 Å². The molecule has 0 aromatic carbocycles. The van der Waals surface area contributed by atoms with Crippen LogP contribution < -0.4 is 11.2 Å². The van der Waals surface area contributed by atoms with Crippen molar-refractivity contribution in [3.05, 3.63) is 0 Å². The predicted octanol–water partition coefficient (Wildman–Crippen LogP) is -1.02. The molecule has 3 N–H and O–H groups in total. The van der Waals surface area contributed by atoms with Gasteiger partial charge in [0.05, 0.1) is 7.11 Å². The first-order valence-corrected chi connectivity index (χ1v) is 2.74. The molecule has 5 nitrogen and oxygen atoms in total. The van der Waals surface area contributed by atoms with E-state index in [1.807, 2.05) is 0 Å². The van der Waals surface area contributed by atoms with E-state index in [1.165, 1.54) is 7.11 Å². The van der Waals surface area contributed by atoms with E-state index in [0.29, 0.717) is 0 Å². The first kappa shape index (κ1) is 8.83. The maximum Gasteiger partial charge on any atom is 0.350 e. The second-order valence-corrected chi connectivity index (χ2v) is 1.70. The summed E-state index contributed by atoms with van der Waals surface area (Å²) in [6.07, 6.45) is 0.930. The highest BCUT2D eigenvalue weighted by Crippen LogP contribution is 1.65. The van der Waals surface area contributed by atoms with Gasteiger partial charge in [-0.15, -0.1) is 0 Å². The van der Waals surface area contributed by atoms with E-state index in [1.54, 1.807) is 0 Å². The van der Waals surface area contributed by atoms with Crippen LogP contribution in [0.25, 0.3) is 0 Å². The molecule has 0 spiro atoms. The number of nitrogens with two attached hydrogens (primary N) is 1. The Kier molecular flexibility index (Phi) is 4.14. The molecule has 0 saturated carbocycles. The third-order valence-electron chi connectivity index (χ3n) is 0.546. The number of carbonyl (C=O) groups is 1. The summed E-state index contributed by atoms with van der Waals surface area (Å²) in [5.41, 5.74) is 7.16. The first-order chi connectivity index (χ1) is 4.66. The van der Waals surface area contributed by atoms with Crippen molar-refractivity contribution in [1.82, 2.24) is 5.43 Å². The number of rotatable bonds is 2. The van der Waals surface area contributed by atoms with Crippen molar-refractivity contribution >= 4 is 29.5 Å². The van der Waals surface area contributed by atoms with Crippen LogP contribution in [-0.4, -0.2) is 24.4 Å². The maximum absolute atomic E-state index is 10.3. The number of carbonyl (C=O) groups excluding carboxylic acids is 1. The minimum atomic E-state index is -0.566. The van der Waals surface area contributed by atoms with E-state index < -0.39 is 5.97 Å². The molecule has 0 unspecified atom stereocenters. The molecule has 10 heavy (non-hydrogen) atoms. The van der Waals surface area contributed by atoms with Crippen LogP contribution in [0.2, 0.25) is 0 Å². The quantitative estimate of drug-likeness (QED) is 0.234. The molecule has 0 saturated heterocycles. The monoisotopic (exact) mass is 161 g/mol. The lowest BCUT2D eigenvalue weighted by Gasteiger charge is -1.92. The first-order valence-electron chi connectivity index (χ1n) is 2.33. The molecule has 0 amide bonds. The zero-order chi connectivity index (χ0) is 7.98. The number of ether oxygens (including phenoxy) is 1. The van der Waals surface area contributed by atoms with Gasteiger partial charge in [0, 0.05) is 0 Å². The van der Waals surface area contributed by atoms with Gasteiger partial charge in [-0.2, -0.15) is 5.10 Å². The third kappa shape index (κ3) is 4.98. The summed E-state index contributed by atoms with van der Waals surface area (Å²) in [5.74, 6) is -0.566. The largest absolute Gasteiger partial charge is 0.465 e. The zero-order valence-electron chi connectivity index (χ0n) is 5.33. The van der Waals surface area contributed by atoms with Crippen molar-refractivity contribution < 1.29 is 9.53 Å². The lowest BCUT2D eigenvalue weighted by Crippen LogP contribution is -2.24. The summed E-state index contributed by atoms with van der Waals surface area (Å²) in [6, 6.07) is 0. The average molecular weight is 161 g/mol.